The van der Waals surface area contributed by atoms with Crippen molar-refractivity contribution in [2.75, 3.05) is 39.4 Å². The van der Waals surface area contributed by atoms with Crippen molar-refractivity contribution in [1.29, 1.82) is 0 Å². The molecule has 1 aromatic rings. The second-order valence-electron chi connectivity index (χ2n) is 7.93. The Bertz CT molecular complexity index is 654. The van der Waals surface area contributed by atoms with Crippen molar-refractivity contribution >= 4 is 36.0 Å². The van der Waals surface area contributed by atoms with Crippen LogP contribution in [0.2, 0.25) is 0 Å². The summed E-state index contributed by atoms with van der Waals surface area (Å²) in [6.45, 7) is 7.93. The normalized spacial score (nSPS) is 22.5. The molecule has 2 aliphatic rings. The van der Waals surface area contributed by atoms with E-state index in [-0.39, 0.29) is 41.7 Å². The lowest BCUT2D eigenvalue weighted by Crippen LogP contribution is -2.50. The first-order valence-electron chi connectivity index (χ1n) is 10.7. The highest BCUT2D eigenvalue weighted by Crippen LogP contribution is 2.25. The van der Waals surface area contributed by atoms with Crippen LogP contribution in [0.5, 0.6) is 0 Å². The van der Waals surface area contributed by atoms with E-state index in [1.165, 1.54) is 0 Å². The molecule has 8 nitrogen and oxygen atoms in total. The Balaban J connectivity index is 0.00000320. The van der Waals surface area contributed by atoms with Gasteiger partial charge in [0.05, 0.1) is 25.0 Å². The fraction of sp³-hybridized carbons (Fsp3) is 0.714. The van der Waals surface area contributed by atoms with E-state index in [0.29, 0.717) is 26.2 Å². The number of hydrogen-bond acceptors (Lipinski definition) is 5. The van der Waals surface area contributed by atoms with Crippen LogP contribution in [0.1, 0.15) is 45.3 Å². The molecule has 1 amide bonds. The molecular weight excluding hydrogens is 499 g/mol. The molecule has 2 saturated heterocycles. The van der Waals surface area contributed by atoms with Gasteiger partial charge in [-0.2, -0.15) is 0 Å². The number of halogens is 1. The number of nitrogens with one attached hydrogen (secondary N) is 2. The first-order chi connectivity index (χ1) is 14.1. The highest BCUT2D eigenvalue weighted by molar-refractivity contribution is 14.0. The predicted octanol–water partition coefficient (Wildman–Crippen LogP) is 3.17. The van der Waals surface area contributed by atoms with Crippen LogP contribution in [-0.4, -0.2) is 68.0 Å². The highest BCUT2D eigenvalue weighted by Gasteiger charge is 2.30. The summed E-state index contributed by atoms with van der Waals surface area (Å²) in [5.41, 5.74) is -0.178. The predicted molar refractivity (Wildman–Crippen MR) is 126 cm³/mol. The fourth-order valence-electron chi connectivity index (χ4n) is 3.73. The molecule has 9 heteroatoms. The van der Waals surface area contributed by atoms with Gasteiger partial charge >= 0.3 is 6.09 Å². The standard InChI is InChI=1S/C21H34N4O4.HI/c1-3-27-20(26)25-12-8-17(9-13-25)24-19(22-11-7-18-6-4-14-28-18)23-16-21(2)10-5-15-29-21;/h4,6,14,17H,3,5,7-13,15-16H2,1-2H3,(H2,22,23,24);1H. The lowest BCUT2D eigenvalue weighted by molar-refractivity contribution is 0.0283. The van der Waals surface area contributed by atoms with E-state index >= 15 is 0 Å². The van der Waals surface area contributed by atoms with Crippen LogP contribution in [0.15, 0.2) is 27.8 Å². The minimum absolute atomic E-state index is 0. The van der Waals surface area contributed by atoms with E-state index in [1.54, 1.807) is 11.2 Å². The van der Waals surface area contributed by atoms with Crippen molar-refractivity contribution in [2.45, 2.75) is 57.6 Å². The minimum Gasteiger partial charge on any atom is -0.469 e. The van der Waals surface area contributed by atoms with E-state index in [1.807, 2.05) is 19.1 Å². The van der Waals surface area contributed by atoms with Gasteiger partial charge in [0.25, 0.3) is 0 Å². The van der Waals surface area contributed by atoms with E-state index < -0.39 is 0 Å². The van der Waals surface area contributed by atoms with E-state index in [9.17, 15) is 4.79 Å². The maximum absolute atomic E-state index is 11.9. The fourth-order valence-corrected chi connectivity index (χ4v) is 3.73. The molecule has 3 heterocycles. The van der Waals surface area contributed by atoms with Gasteiger partial charge in [-0.1, -0.05) is 0 Å². The number of carbonyl (C=O) groups is 1. The molecule has 0 aliphatic carbocycles. The zero-order valence-corrected chi connectivity index (χ0v) is 20.4. The number of amides is 1. The largest absolute Gasteiger partial charge is 0.469 e. The van der Waals surface area contributed by atoms with Gasteiger partial charge in [-0.25, -0.2) is 4.79 Å². The van der Waals surface area contributed by atoms with E-state index in [2.05, 4.69) is 17.6 Å². The maximum atomic E-state index is 11.9. The number of likely N-dealkylation sites (tertiary alicyclic amines) is 1. The summed E-state index contributed by atoms with van der Waals surface area (Å²) in [5.74, 6) is 1.74. The SMILES string of the molecule is CCOC(=O)N1CCC(NC(=NCC2(C)CCCO2)NCCc2ccco2)CC1.I. The maximum Gasteiger partial charge on any atom is 0.409 e. The average Bonchev–Trinajstić information content (AvgIpc) is 3.39. The molecule has 1 aromatic heterocycles. The van der Waals surface area contributed by atoms with Crippen LogP contribution in [-0.2, 0) is 15.9 Å². The number of guanidine groups is 1. The molecule has 2 N–H and O–H groups in total. The zero-order chi connectivity index (χ0) is 20.5. The van der Waals surface area contributed by atoms with Gasteiger partial charge in [0.15, 0.2) is 5.96 Å². The second kappa shape index (κ2) is 12.4. The quantitative estimate of drug-likeness (QED) is 0.318. The average molecular weight is 534 g/mol. The number of carbonyl (C=O) groups excluding carboxylic acids is 1. The zero-order valence-electron chi connectivity index (χ0n) is 18.0. The lowest BCUT2D eigenvalue weighted by Gasteiger charge is -2.32. The van der Waals surface area contributed by atoms with E-state index in [4.69, 9.17) is 18.9 Å². The van der Waals surface area contributed by atoms with Gasteiger partial charge in [-0.05, 0) is 51.7 Å². The minimum atomic E-state index is -0.220. The summed E-state index contributed by atoms with van der Waals surface area (Å²) < 4.78 is 16.4. The molecular formula is C21H35IN4O4. The van der Waals surface area contributed by atoms with Gasteiger partial charge in [-0.15, -0.1) is 24.0 Å². The number of aliphatic imine (C=N–C) groups is 1. The Hall–Kier alpha value is -1.49. The molecule has 1 unspecified atom stereocenters. The van der Waals surface area contributed by atoms with Crippen LogP contribution < -0.4 is 10.6 Å². The van der Waals surface area contributed by atoms with Crippen LogP contribution in [0, 0.1) is 0 Å². The first-order valence-corrected chi connectivity index (χ1v) is 10.7. The molecule has 30 heavy (non-hydrogen) atoms. The van der Waals surface area contributed by atoms with Crippen LogP contribution in [0.4, 0.5) is 4.79 Å². The Morgan fingerprint density at radius 2 is 2.20 bits per heavy atom. The summed E-state index contributed by atoms with van der Waals surface area (Å²) in [6.07, 6.45) is 6.13. The van der Waals surface area contributed by atoms with Crippen molar-refractivity contribution in [2.24, 2.45) is 4.99 Å². The monoisotopic (exact) mass is 534 g/mol. The smallest absolute Gasteiger partial charge is 0.409 e. The molecule has 0 radical (unpaired) electrons. The molecule has 3 rings (SSSR count). The van der Waals surface area contributed by atoms with Crippen molar-refractivity contribution in [1.82, 2.24) is 15.5 Å². The first kappa shape index (κ1) is 24.8. The molecule has 170 valence electrons. The summed E-state index contributed by atoms with van der Waals surface area (Å²) in [4.78, 5) is 18.5. The van der Waals surface area contributed by atoms with Gasteiger partial charge in [0.1, 0.15) is 5.76 Å². The molecule has 2 fully saturated rings. The Kier molecular flexibility index (Phi) is 10.2. The van der Waals surface area contributed by atoms with Gasteiger partial charge < -0.3 is 29.4 Å². The third-order valence-corrected chi connectivity index (χ3v) is 5.48. The summed E-state index contributed by atoms with van der Waals surface area (Å²) in [7, 11) is 0. The van der Waals surface area contributed by atoms with Gasteiger partial charge in [-0.3, -0.25) is 4.99 Å². The van der Waals surface area contributed by atoms with Gasteiger partial charge in [0, 0.05) is 38.7 Å². The molecule has 0 aromatic carbocycles. The number of ether oxygens (including phenoxy) is 2. The number of nitrogens with zero attached hydrogens (tertiary/aromatic N) is 2. The lowest BCUT2D eigenvalue weighted by atomic mass is 10.0. The third kappa shape index (κ3) is 7.64. The Labute approximate surface area is 196 Å². The second-order valence-corrected chi connectivity index (χ2v) is 7.93. The number of rotatable bonds is 7. The number of hydrogen-bond donors (Lipinski definition) is 2. The molecule has 0 spiro atoms. The number of furan rings is 1. The van der Waals surface area contributed by atoms with Crippen molar-refractivity contribution in [3.05, 3.63) is 24.2 Å². The Morgan fingerprint density at radius 3 is 2.83 bits per heavy atom. The number of piperidine rings is 1. The molecule has 0 saturated carbocycles. The van der Waals surface area contributed by atoms with Crippen LogP contribution >= 0.6 is 24.0 Å². The summed E-state index contributed by atoms with van der Waals surface area (Å²) in [6, 6.07) is 4.15. The van der Waals surface area contributed by atoms with Crippen molar-refractivity contribution < 1.29 is 18.7 Å². The van der Waals surface area contributed by atoms with Crippen molar-refractivity contribution in [3.8, 4) is 0 Å². The van der Waals surface area contributed by atoms with E-state index in [0.717, 1.165) is 57.0 Å². The molecule has 2 aliphatic heterocycles. The van der Waals surface area contributed by atoms with Crippen LogP contribution in [0.3, 0.4) is 0 Å². The molecule has 0 bridgehead atoms. The van der Waals surface area contributed by atoms with Crippen molar-refractivity contribution in [3.63, 3.8) is 0 Å². The Morgan fingerprint density at radius 1 is 1.40 bits per heavy atom. The molecule has 1 atom stereocenters. The summed E-state index contributed by atoms with van der Waals surface area (Å²) in [5, 5.41) is 6.96. The van der Waals surface area contributed by atoms with Crippen LogP contribution in [0.25, 0.3) is 0 Å². The van der Waals surface area contributed by atoms with Gasteiger partial charge in [0.2, 0.25) is 0 Å². The summed E-state index contributed by atoms with van der Waals surface area (Å²) >= 11 is 0. The highest BCUT2D eigenvalue weighted by atomic mass is 127. The third-order valence-electron chi connectivity index (χ3n) is 5.48. The topological polar surface area (TPSA) is 88.3 Å².